The molecule has 35 heavy (non-hydrogen) atoms. The Kier molecular flexibility index (Phi) is 9.25. The third-order valence-electron chi connectivity index (χ3n) is 6.02. The summed E-state index contributed by atoms with van der Waals surface area (Å²) in [5.41, 5.74) is 3.15. The first kappa shape index (κ1) is 24.9. The normalized spacial score (nSPS) is 14.0. The molecule has 1 aromatic heterocycles. The minimum Gasteiger partial charge on any atom is -0.361 e. The summed E-state index contributed by atoms with van der Waals surface area (Å²) in [6, 6.07) is 19.7. The molecular weight excluding hydrogens is 458 g/mol. The van der Waals surface area contributed by atoms with Crippen LogP contribution < -0.4 is 10.6 Å². The number of hydrogen-bond acceptors (Lipinski definition) is 6. The second-order valence-corrected chi connectivity index (χ2v) is 9.61. The third kappa shape index (κ3) is 8.19. The Balaban J connectivity index is 1.09. The van der Waals surface area contributed by atoms with E-state index >= 15 is 0 Å². The van der Waals surface area contributed by atoms with E-state index < -0.39 is 0 Å². The highest BCUT2D eigenvalue weighted by molar-refractivity contribution is 7.13. The zero-order chi connectivity index (χ0) is 24.3. The molecule has 2 N–H and O–H groups in total. The molecule has 1 aliphatic heterocycles. The minimum atomic E-state index is 0.0506. The molecule has 2 aromatic carbocycles. The minimum absolute atomic E-state index is 0.0506. The first-order chi connectivity index (χ1) is 17.2. The lowest BCUT2D eigenvalue weighted by Crippen LogP contribution is -2.48. The van der Waals surface area contributed by atoms with Crippen LogP contribution in [-0.4, -0.2) is 65.9 Å². The van der Waals surface area contributed by atoms with E-state index in [1.165, 1.54) is 0 Å². The van der Waals surface area contributed by atoms with Crippen LogP contribution in [0.2, 0.25) is 0 Å². The molecule has 1 aliphatic rings. The van der Waals surface area contributed by atoms with Gasteiger partial charge in [-0.15, -0.1) is 11.3 Å². The lowest BCUT2D eigenvalue weighted by atomic mass is 10.1. The topological polar surface area (TPSA) is 77.6 Å². The summed E-state index contributed by atoms with van der Waals surface area (Å²) in [6.45, 7) is 5.46. The SMILES string of the molecule is O=C(Cc1ccccc1)NCCCNc1nc(CN2CCN(C(=O)Cc3ccccc3)CC2)cs1. The van der Waals surface area contributed by atoms with Crippen LogP contribution in [0.4, 0.5) is 5.13 Å². The first-order valence-electron chi connectivity index (χ1n) is 12.2. The number of anilines is 1. The molecule has 7 nitrogen and oxygen atoms in total. The van der Waals surface area contributed by atoms with Crippen molar-refractivity contribution in [3.8, 4) is 0 Å². The van der Waals surface area contributed by atoms with Crippen LogP contribution in [0.15, 0.2) is 66.0 Å². The van der Waals surface area contributed by atoms with Crippen LogP contribution in [0.3, 0.4) is 0 Å². The smallest absolute Gasteiger partial charge is 0.227 e. The fourth-order valence-corrected chi connectivity index (χ4v) is 4.81. The average molecular weight is 492 g/mol. The molecular formula is C27H33N5O2S. The molecule has 3 aromatic rings. The van der Waals surface area contributed by atoms with Gasteiger partial charge in [-0.1, -0.05) is 60.7 Å². The van der Waals surface area contributed by atoms with Gasteiger partial charge in [0.25, 0.3) is 0 Å². The number of nitrogens with zero attached hydrogens (tertiary/aromatic N) is 3. The van der Waals surface area contributed by atoms with Crippen LogP contribution in [0, 0.1) is 0 Å². The molecule has 2 heterocycles. The van der Waals surface area contributed by atoms with Crippen molar-refractivity contribution in [2.24, 2.45) is 0 Å². The lowest BCUT2D eigenvalue weighted by molar-refractivity contribution is -0.132. The third-order valence-corrected chi connectivity index (χ3v) is 6.87. The quantitative estimate of drug-likeness (QED) is 0.403. The number of carbonyl (C=O) groups excluding carboxylic acids is 2. The summed E-state index contributed by atoms with van der Waals surface area (Å²) >= 11 is 1.61. The van der Waals surface area contributed by atoms with Gasteiger partial charge in [-0.3, -0.25) is 14.5 Å². The van der Waals surface area contributed by atoms with Gasteiger partial charge in [0.15, 0.2) is 5.13 Å². The van der Waals surface area contributed by atoms with Crippen molar-refractivity contribution in [1.29, 1.82) is 0 Å². The Hall–Kier alpha value is -3.23. The summed E-state index contributed by atoms with van der Waals surface area (Å²) < 4.78 is 0. The van der Waals surface area contributed by atoms with Crippen molar-refractivity contribution < 1.29 is 9.59 Å². The molecule has 0 unspecified atom stereocenters. The predicted molar refractivity (Wildman–Crippen MR) is 140 cm³/mol. The van der Waals surface area contributed by atoms with Gasteiger partial charge in [0.1, 0.15) is 0 Å². The monoisotopic (exact) mass is 491 g/mol. The molecule has 0 aliphatic carbocycles. The predicted octanol–water partition coefficient (Wildman–Crippen LogP) is 3.19. The molecule has 1 fully saturated rings. The van der Waals surface area contributed by atoms with Gasteiger partial charge < -0.3 is 15.5 Å². The average Bonchev–Trinajstić information content (AvgIpc) is 3.32. The van der Waals surface area contributed by atoms with Crippen LogP contribution in [0.5, 0.6) is 0 Å². The van der Waals surface area contributed by atoms with E-state index in [-0.39, 0.29) is 11.8 Å². The number of amides is 2. The zero-order valence-electron chi connectivity index (χ0n) is 20.0. The van der Waals surface area contributed by atoms with E-state index in [4.69, 9.17) is 4.98 Å². The molecule has 184 valence electrons. The molecule has 8 heteroatoms. The Morgan fingerprint density at radius 1 is 0.857 bits per heavy atom. The Bertz CT molecular complexity index is 1070. The molecule has 0 spiro atoms. The number of carbonyl (C=O) groups is 2. The van der Waals surface area contributed by atoms with Gasteiger partial charge in [-0.05, 0) is 17.5 Å². The van der Waals surface area contributed by atoms with E-state index in [1.54, 1.807) is 11.3 Å². The largest absolute Gasteiger partial charge is 0.361 e. The zero-order valence-corrected chi connectivity index (χ0v) is 20.8. The highest BCUT2D eigenvalue weighted by Crippen LogP contribution is 2.17. The maximum Gasteiger partial charge on any atom is 0.227 e. The summed E-state index contributed by atoms with van der Waals surface area (Å²) in [4.78, 5) is 33.6. The lowest BCUT2D eigenvalue weighted by Gasteiger charge is -2.34. The Labute approximate surface area is 211 Å². The molecule has 0 bridgehead atoms. The summed E-state index contributed by atoms with van der Waals surface area (Å²) in [6.07, 6.45) is 1.73. The van der Waals surface area contributed by atoms with Crippen molar-refractivity contribution in [2.45, 2.75) is 25.8 Å². The fourth-order valence-electron chi connectivity index (χ4n) is 4.08. The van der Waals surface area contributed by atoms with Crippen molar-refractivity contribution >= 4 is 28.3 Å². The molecule has 1 saturated heterocycles. The number of aromatic nitrogens is 1. The van der Waals surface area contributed by atoms with Gasteiger partial charge in [0.2, 0.25) is 11.8 Å². The second-order valence-electron chi connectivity index (χ2n) is 8.76. The fraction of sp³-hybridized carbons (Fsp3) is 0.370. The highest BCUT2D eigenvalue weighted by Gasteiger charge is 2.21. The van der Waals surface area contributed by atoms with Crippen LogP contribution in [0.25, 0.3) is 0 Å². The van der Waals surface area contributed by atoms with Gasteiger partial charge in [0, 0.05) is 51.2 Å². The van der Waals surface area contributed by atoms with Crippen LogP contribution >= 0.6 is 11.3 Å². The number of nitrogens with one attached hydrogen (secondary N) is 2. The molecule has 0 radical (unpaired) electrons. The van der Waals surface area contributed by atoms with Gasteiger partial charge in [-0.2, -0.15) is 0 Å². The molecule has 2 amide bonds. The molecule has 0 atom stereocenters. The van der Waals surface area contributed by atoms with Crippen LogP contribution in [-0.2, 0) is 29.0 Å². The Morgan fingerprint density at radius 2 is 1.51 bits per heavy atom. The number of rotatable bonds is 11. The van der Waals surface area contributed by atoms with Crippen molar-refractivity contribution in [3.05, 3.63) is 82.9 Å². The number of hydrogen-bond donors (Lipinski definition) is 2. The van der Waals surface area contributed by atoms with E-state index in [1.807, 2.05) is 65.6 Å². The number of piperazine rings is 1. The molecule has 4 rings (SSSR count). The summed E-state index contributed by atoms with van der Waals surface area (Å²) in [7, 11) is 0. The maximum atomic E-state index is 12.6. The summed E-state index contributed by atoms with van der Waals surface area (Å²) in [5.74, 6) is 0.252. The van der Waals surface area contributed by atoms with Crippen molar-refractivity contribution in [1.82, 2.24) is 20.1 Å². The van der Waals surface area contributed by atoms with E-state index in [0.29, 0.717) is 19.4 Å². The highest BCUT2D eigenvalue weighted by atomic mass is 32.1. The van der Waals surface area contributed by atoms with Crippen molar-refractivity contribution in [2.75, 3.05) is 44.6 Å². The maximum absolute atomic E-state index is 12.6. The van der Waals surface area contributed by atoms with Gasteiger partial charge >= 0.3 is 0 Å². The van der Waals surface area contributed by atoms with Crippen LogP contribution in [0.1, 0.15) is 23.2 Å². The van der Waals surface area contributed by atoms with Gasteiger partial charge in [0.05, 0.1) is 18.5 Å². The van der Waals surface area contributed by atoms with Gasteiger partial charge in [-0.25, -0.2) is 4.98 Å². The van der Waals surface area contributed by atoms with E-state index in [2.05, 4.69) is 20.9 Å². The number of thiazole rings is 1. The first-order valence-corrected chi connectivity index (χ1v) is 13.1. The Morgan fingerprint density at radius 3 is 2.20 bits per heavy atom. The van der Waals surface area contributed by atoms with Crippen molar-refractivity contribution in [3.63, 3.8) is 0 Å². The van der Waals surface area contributed by atoms with E-state index in [0.717, 1.165) is 67.6 Å². The number of benzene rings is 2. The van der Waals surface area contributed by atoms with E-state index in [9.17, 15) is 9.59 Å². The second kappa shape index (κ2) is 13.0. The summed E-state index contributed by atoms with van der Waals surface area (Å²) in [5, 5.41) is 9.33. The molecule has 0 saturated carbocycles. The standard InChI is InChI=1S/C27H33N5O2S/c33-25(18-22-8-3-1-4-9-22)28-12-7-13-29-27-30-24(21-35-27)20-31-14-16-32(17-15-31)26(34)19-23-10-5-2-6-11-23/h1-6,8-11,21H,7,12-20H2,(H,28,33)(H,29,30).